The third kappa shape index (κ3) is 10.9. The average Bonchev–Trinajstić information content (AvgIpc) is 3.57. The van der Waals surface area contributed by atoms with Gasteiger partial charge in [-0.1, -0.05) is 116 Å². The molecule has 4 heteroatoms. The zero-order chi connectivity index (χ0) is 34.8. The van der Waals surface area contributed by atoms with E-state index in [1.807, 2.05) is 6.92 Å². The van der Waals surface area contributed by atoms with Gasteiger partial charge in [0.05, 0.1) is 17.1 Å². The second kappa shape index (κ2) is 19.6. The minimum atomic E-state index is 0.829. The van der Waals surface area contributed by atoms with E-state index < -0.39 is 0 Å². The number of rotatable bonds is 11. The van der Waals surface area contributed by atoms with Crippen LogP contribution in [0.15, 0.2) is 164 Å². The second-order valence-corrected chi connectivity index (χ2v) is 12.3. The minimum Gasteiger partial charge on any atom is -0.350 e. The number of aromatic nitrogens is 2. The Morgan fingerprint density at radius 1 is 0.959 bits per heavy atom. The zero-order valence-electron chi connectivity index (χ0n) is 29.9. The molecule has 0 amide bonds. The molecule has 3 heterocycles. The Morgan fingerprint density at radius 2 is 1.76 bits per heavy atom. The third-order valence-electron chi connectivity index (χ3n) is 8.15. The lowest BCUT2D eigenvalue weighted by molar-refractivity contribution is 0.403. The predicted octanol–water partition coefficient (Wildman–Crippen LogP) is 11.9. The average molecular weight is 649 g/mol. The molecule has 4 nitrogen and oxygen atoms in total. The molecule has 49 heavy (non-hydrogen) atoms. The van der Waals surface area contributed by atoms with E-state index in [9.17, 15) is 0 Å². The Hall–Kier alpha value is -5.22. The molecule has 0 atom stereocenters. The van der Waals surface area contributed by atoms with Gasteiger partial charge in [-0.2, -0.15) is 0 Å². The highest BCUT2D eigenvalue weighted by Gasteiger charge is 2.23. The van der Waals surface area contributed by atoms with Crippen molar-refractivity contribution in [3.8, 4) is 11.3 Å². The van der Waals surface area contributed by atoms with Crippen molar-refractivity contribution in [1.82, 2.24) is 14.9 Å². The van der Waals surface area contributed by atoms with Crippen molar-refractivity contribution in [2.24, 2.45) is 0 Å². The predicted molar refractivity (Wildman–Crippen MR) is 214 cm³/mol. The van der Waals surface area contributed by atoms with Crippen molar-refractivity contribution in [1.29, 1.82) is 0 Å². The van der Waals surface area contributed by atoms with Gasteiger partial charge in [-0.05, 0) is 87.4 Å². The van der Waals surface area contributed by atoms with E-state index in [1.165, 1.54) is 17.0 Å². The van der Waals surface area contributed by atoms with E-state index in [4.69, 9.17) is 9.97 Å². The first kappa shape index (κ1) is 36.6. The topological polar surface area (TPSA) is 32.3 Å². The Balaban J connectivity index is 0.00000174. The maximum Gasteiger partial charge on any atom is 0.133 e. The van der Waals surface area contributed by atoms with Gasteiger partial charge in [0.2, 0.25) is 0 Å². The summed E-state index contributed by atoms with van der Waals surface area (Å²) in [7, 11) is 2.15. The Labute approximate surface area is 295 Å². The summed E-state index contributed by atoms with van der Waals surface area (Å²) in [4.78, 5) is 15.1. The summed E-state index contributed by atoms with van der Waals surface area (Å²) in [5, 5.41) is 0. The molecule has 0 bridgehead atoms. The molecule has 2 aromatic heterocycles. The van der Waals surface area contributed by atoms with Crippen LogP contribution >= 0.6 is 0 Å². The fourth-order valence-electron chi connectivity index (χ4n) is 5.81. The third-order valence-corrected chi connectivity index (χ3v) is 8.15. The van der Waals surface area contributed by atoms with Gasteiger partial charge in [0.25, 0.3) is 0 Å². The fourth-order valence-corrected chi connectivity index (χ4v) is 5.81. The molecule has 0 saturated carbocycles. The zero-order valence-corrected chi connectivity index (χ0v) is 29.9. The quantitative estimate of drug-likeness (QED) is 0.179. The van der Waals surface area contributed by atoms with E-state index >= 15 is 0 Å². The number of hydrogen-bond donors (Lipinski definition) is 0. The van der Waals surface area contributed by atoms with Crippen LogP contribution in [0.25, 0.3) is 22.4 Å². The van der Waals surface area contributed by atoms with Gasteiger partial charge >= 0.3 is 0 Å². The summed E-state index contributed by atoms with van der Waals surface area (Å²) < 4.78 is 0. The van der Waals surface area contributed by atoms with Crippen molar-refractivity contribution >= 4 is 17.0 Å². The molecule has 0 unspecified atom stereocenters. The number of anilines is 1. The van der Waals surface area contributed by atoms with Gasteiger partial charge < -0.3 is 9.80 Å². The summed E-state index contributed by atoms with van der Waals surface area (Å²) >= 11 is 0. The Morgan fingerprint density at radius 3 is 2.57 bits per heavy atom. The monoisotopic (exact) mass is 648 g/mol. The number of nitrogens with zero attached hydrogens (tertiary/aromatic N) is 4. The first-order valence-electron chi connectivity index (χ1n) is 17.4. The summed E-state index contributed by atoms with van der Waals surface area (Å²) in [6.07, 6.45) is 41.5. The van der Waals surface area contributed by atoms with E-state index in [0.717, 1.165) is 84.7 Å². The van der Waals surface area contributed by atoms with Gasteiger partial charge in [0.1, 0.15) is 5.82 Å². The van der Waals surface area contributed by atoms with Crippen molar-refractivity contribution in [2.45, 2.75) is 59.3 Å². The van der Waals surface area contributed by atoms with Crippen LogP contribution in [0.3, 0.4) is 0 Å². The van der Waals surface area contributed by atoms with Crippen LogP contribution in [0.1, 0.15) is 70.7 Å². The summed E-state index contributed by atoms with van der Waals surface area (Å²) in [6, 6.07) is 10.7. The van der Waals surface area contributed by atoms with Crippen LogP contribution in [0.4, 0.5) is 5.82 Å². The Bertz CT molecular complexity index is 1770. The van der Waals surface area contributed by atoms with Gasteiger partial charge in [-0.25, -0.2) is 9.97 Å². The standard InChI is InChI=1S/C42H46N4.C3H6/c1-5-6-7-8-13-18-28-46-29-20-26-40(41(46)30-33(2)3)45(4)42-27-19-25-37(44-42)36-31-38(34-21-14-9-10-15-22-34)43-39(32-36)35-23-16-11-12-17-24-35;1-3-2/h6-16,18-19,21,23-25,27-28,31-32H,2,5,17,20,22,26,29-30H2,1,3-4H3;3H,1H2,2H3/b7-6-,13-8-,28-18+;. The van der Waals surface area contributed by atoms with Gasteiger partial charge in [-0.15, -0.1) is 6.58 Å². The highest BCUT2D eigenvalue weighted by Crippen LogP contribution is 2.33. The second-order valence-electron chi connectivity index (χ2n) is 12.3. The summed E-state index contributed by atoms with van der Waals surface area (Å²) in [6.45, 7) is 14.8. The van der Waals surface area contributed by atoms with Crippen LogP contribution in [-0.4, -0.2) is 28.5 Å². The molecule has 0 N–H and O–H groups in total. The number of hydrogen-bond acceptors (Lipinski definition) is 4. The largest absolute Gasteiger partial charge is 0.350 e. The van der Waals surface area contributed by atoms with Crippen molar-refractivity contribution in [3.05, 3.63) is 175 Å². The van der Waals surface area contributed by atoms with Crippen LogP contribution in [0.5, 0.6) is 0 Å². The molecule has 0 radical (unpaired) electrons. The van der Waals surface area contributed by atoms with E-state index in [1.54, 1.807) is 6.08 Å². The molecule has 252 valence electrons. The van der Waals surface area contributed by atoms with E-state index in [-0.39, 0.29) is 0 Å². The molecule has 5 rings (SSSR count). The lowest BCUT2D eigenvalue weighted by Crippen LogP contribution is -2.31. The lowest BCUT2D eigenvalue weighted by Gasteiger charge is -2.35. The van der Waals surface area contributed by atoms with E-state index in [2.05, 4.69) is 172 Å². The minimum absolute atomic E-state index is 0.829. The summed E-state index contributed by atoms with van der Waals surface area (Å²) in [5.41, 5.74) is 10.00. The molecule has 0 saturated heterocycles. The number of allylic oxidation sites excluding steroid dienone is 20. The SMILES string of the molecule is C=C(C)CC1=C(N(C)c2cccc(-c3cc(C4=CCC=CC=C4)nc(C4=CC=CC=CC4)c3)n2)CCCN1/C=C/C=C\C=C/CC.C=CC. The van der Waals surface area contributed by atoms with Crippen molar-refractivity contribution < 1.29 is 0 Å². The van der Waals surface area contributed by atoms with E-state index in [0.29, 0.717) is 0 Å². The first-order chi connectivity index (χ1) is 23.9. The maximum absolute atomic E-state index is 5.26. The maximum atomic E-state index is 5.26. The highest BCUT2D eigenvalue weighted by atomic mass is 15.2. The molecule has 0 spiro atoms. The smallest absolute Gasteiger partial charge is 0.133 e. The normalized spacial score (nSPS) is 16.0. The first-order valence-corrected chi connectivity index (χ1v) is 17.4. The molecule has 0 fully saturated rings. The van der Waals surface area contributed by atoms with Crippen molar-refractivity contribution in [3.63, 3.8) is 0 Å². The number of pyridine rings is 2. The van der Waals surface area contributed by atoms with Crippen LogP contribution in [-0.2, 0) is 0 Å². The highest BCUT2D eigenvalue weighted by molar-refractivity contribution is 5.79. The molecule has 2 aromatic rings. The van der Waals surface area contributed by atoms with Crippen LogP contribution < -0.4 is 4.90 Å². The summed E-state index contributed by atoms with van der Waals surface area (Å²) in [5.74, 6) is 0.930. The molecular formula is C45H52N4. The van der Waals surface area contributed by atoms with Gasteiger partial charge in [0, 0.05) is 43.2 Å². The fraction of sp³-hybridized carbons (Fsp3) is 0.244. The molecule has 2 aliphatic carbocycles. The van der Waals surface area contributed by atoms with Crippen LogP contribution in [0, 0.1) is 0 Å². The van der Waals surface area contributed by atoms with Gasteiger partial charge in [-0.3, -0.25) is 0 Å². The molecular weight excluding hydrogens is 597 g/mol. The molecule has 0 aromatic carbocycles. The van der Waals surface area contributed by atoms with Gasteiger partial charge in [0.15, 0.2) is 0 Å². The van der Waals surface area contributed by atoms with Crippen LogP contribution in [0.2, 0.25) is 0 Å². The molecule has 3 aliphatic rings. The lowest BCUT2D eigenvalue weighted by atomic mass is 10.0. The van der Waals surface area contributed by atoms with Crippen molar-refractivity contribution in [2.75, 3.05) is 18.5 Å². The Kier molecular flexibility index (Phi) is 14.6. The molecule has 1 aliphatic heterocycles.